The van der Waals surface area contributed by atoms with Crippen molar-refractivity contribution in [3.63, 3.8) is 0 Å². The van der Waals surface area contributed by atoms with Gasteiger partial charge in [0.2, 0.25) is 0 Å². The van der Waals surface area contributed by atoms with Gasteiger partial charge in [0.1, 0.15) is 0 Å². The molecule has 0 saturated heterocycles. The summed E-state index contributed by atoms with van der Waals surface area (Å²) in [5, 5.41) is 0. The maximum absolute atomic E-state index is 11.2. The van der Waals surface area contributed by atoms with E-state index in [0.717, 1.165) is 49.7 Å². The third kappa shape index (κ3) is 7.46. The average molecular weight is 323 g/mol. The van der Waals surface area contributed by atoms with Crippen molar-refractivity contribution in [1.29, 1.82) is 0 Å². The second-order valence-electron chi connectivity index (χ2n) is 5.66. The summed E-state index contributed by atoms with van der Waals surface area (Å²) in [7, 11) is 0. The lowest BCUT2D eigenvalue weighted by Gasteiger charge is -2.16. The van der Waals surface area contributed by atoms with Crippen LogP contribution >= 0.6 is 0 Å². The van der Waals surface area contributed by atoms with Crippen LogP contribution in [0.25, 0.3) is 0 Å². The molecular formula is C18H29NO4. The first kappa shape index (κ1) is 19.4. The molecule has 0 radical (unpaired) electrons. The summed E-state index contributed by atoms with van der Waals surface area (Å²) >= 11 is 0. The summed E-state index contributed by atoms with van der Waals surface area (Å²) in [6.07, 6.45) is 10.9. The van der Waals surface area contributed by atoms with Gasteiger partial charge in [0, 0.05) is 17.2 Å². The van der Waals surface area contributed by atoms with Crippen LogP contribution in [0.1, 0.15) is 58.8 Å². The fourth-order valence-electron chi connectivity index (χ4n) is 2.59. The second-order valence-corrected chi connectivity index (χ2v) is 5.66. The standard InChI is InChI=1S/C9H15NO2.C9H14O2/c1-2-12-9(11)7-4-3-5-8(10)6-7;1-2-11-9(10)8-6-4-3-5-7-8/h6,8H,2-5,10H2,1H3;6H,2-5,7H2,1H3. The molecule has 5 nitrogen and oxygen atoms in total. The molecule has 0 aliphatic heterocycles. The van der Waals surface area contributed by atoms with Gasteiger partial charge in [0.15, 0.2) is 0 Å². The van der Waals surface area contributed by atoms with Crippen molar-refractivity contribution in [2.75, 3.05) is 13.2 Å². The van der Waals surface area contributed by atoms with Crippen molar-refractivity contribution in [3.8, 4) is 0 Å². The van der Waals surface area contributed by atoms with Crippen molar-refractivity contribution < 1.29 is 19.1 Å². The molecule has 0 fully saturated rings. The van der Waals surface area contributed by atoms with Crippen molar-refractivity contribution >= 4 is 11.9 Å². The Morgan fingerprint density at radius 2 is 1.65 bits per heavy atom. The van der Waals surface area contributed by atoms with E-state index >= 15 is 0 Å². The van der Waals surface area contributed by atoms with Crippen LogP contribution in [0.5, 0.6) is 0 Å². The topological polar surface area (TPSA) is 78.6 Å². The quantitative estimate of drug-likeness (QED) is 0.805. The lowest BCUT2D eigenvalue weighted by atomic mass is 9.96. The van der Waals surface area contributed by atoms with E-state index in [0.29, 0.717) is 13.2 Å². The number of hydrogen-bond acceptors (Lipinski definition) is 5. The minimum atomic E-state index is -0.201. The highest BCUT2D eigenvalue weighted by Crippen LogP contribution is 2.18. The molecular weight excluding hydrogens is 294 g/mol. The average Bonchev–Trinajstić information content (AvgIpc) is 2.57. The van der Waals surface area contributed by atoms with Gasteiger partial charge >= 0.3 is 11.9 Å². The fraction of sp³-hybridized carbons (Fsp3) is 0.667. The third-order valence-electron chi connectivity index (χ3n) is 3.77. The molecule has 0 aromatic rings. The summed E-state index contributed by atoms with van der Waals surface area (Å²) in [4.78, 5) is 22.3. The summed E-state index contributed by atoms with van der Waals surface area (Å²) in [6, 6.07) is 0.0400. The first-order valence-electron chi connectivity index (χ1n) is 8.58. The minimum Gasteiger partial charge on any atom is -0.463 e. The van der Waals surface area contributed by atoms with Gasteiger partial charge in [-0.15, -0.1) is 0 Å². The smallest absolute Gasteiger partial charge is 0.333 e. The van der Waals surface area contributed by atoms with Crippen LogP contribution in [0.2, 0.25) is 0 Å². The molecule has 0 spiro atoms. The highest BCUT2D eigenvalue weighted by molar-refractivity contribution is 5.89. The Morgan fingerprint density at radius 3 is 2.17 bits per heavy atom. The normalized spacial score (nSPS) is 20.4. The maximum atomic E-state index is 11.2. The van der Waals surface area contributed by atoms with Crippen LogP contribution in [-0.4, -0.2) is 31.2 Å². The molecule has 2 aliphatic carbocycles. The number of carbonyl (C=O) groups excluding carboxylic acids is 2. The van der Waals surface area contributed by atoms with Crippen molar-refractivity contribution in [2.45, 2.75) is 64.8 Å². The maximum Gasteiger partial charge on any atom is 0.333 e. The van der Waals surface area contributed by atoms with Gasteiger partial charge in [0.25, 0.3) is 0 Å². The van der Waals surface area contributed by atoms with E-state index in [9.17, 15) is 9.59 Å². The van der Waals surface area contributed by atoms with Gasteiger partial charge in [0.05, 0.1) is 13.2 Å². The molecule has 5 heteroatoms. The molecule has 0 aromatic carbocycles. The number of nitrogens with two attached hydrogens (primary N) is 1. The lowest BCUT2D eigenvalue weighted by molar-refractivity contribution is -0.139. The zero-order valence-electron chi connectivity index (χ0n) is 14.3. The Balaban J connectivity index is 0.000000231. The Labute approximate surface area is 138 Å². The predicted molar refractivity (Wildman–Crippen MR) is 89.7 cm³/mol. The lowest BCUT2D eigenvalue weighted by Crippen LogP contribution is -2.23. The predicted octanol–water partition coefficient (Wildman–Crippen LogP) is 3.04. The molecule has 130 valence electrons. The number of rotatable bonds is 4. The van der Waals surface area contributed by atoms with E-state index in [-0.39, 0.29) is 18.0 Å². The van der Waals surface area contributed by atoms with Crippen LogP contribution < -0.4 is 5.73 Å². The Morgan fingerprint density at radius 1 is 1.04 bits per heavy atom. The largest absolute Gasteiger partial charge is 0.463 e. The van der Waals surface area contributed by atoms with Gasteiger partial charge in [-0.1, -0.05) is 12.2 Å². The molecule has 0 aromatic heterocycles. The Bertz CT molecular complexity index is 454. The highest BCUT2D eigenvalue weighted by atomic mass is 16.5. The number of hydrogen-bond donors (Lipinski definition) is 1. The van der Waals surface area contributed by atoms with Crippen LogP contribution in [0.15, 0.2) is 23.3 Å². The monoisotopic (exact) mass is 323 g/mol. The second kappa shape index (κ2) is 11.0. The SMILES string of the molecule is CCOC(=O)C1=CC(N)CCC1.CCOC(=O)C1=CCCCC1. The van der Waals surface area contributed by atoms with E-state index in [1.54, 1.807) is 6.92 Å². The highest BCUT2D eigenvalue weighted by Gasteiger charge is 2.16. The summed E-state index contributed by atoms with van der Waals surface area (Å²) in [5.41, 5.74) is 7.29. The minimum absolute atomic E-state index is 0.0400. The van der Waals surface area contributed by atoms with E-state index in [1.807, 2.05) is 19.1 Å². The van der Waals surface area contributed by atoms with Gasteiger partial charge in [-0.05, 0) is 58.8 Å². The first-order valence-corrected chi connectivity index (χ1v) is 8.58. The first-order chi connectivity index (χ1) is 11.1. The number of allylic oxidation sites excluding steroid dienone is 1. The fourth-order valence-corrected chi connectivity index (χ4v) is 2.59. The zero-order valence-corrected chi connectivity index (χ0v) is 14.3. The van der Waals surface area contributed by atoms with Crippen molar-refractivity contribution in [2.24, 2.45) is 5.73 Å². The Hall–Kier alpha value is -1.62. The molecule has 0 bridgehead atoms. The summed E-state index contributed by atoms with van der Waals surface area (Å²) in [5.74, 6) is -0.320. The molecule has 2 rings (SSSR count). The molecule has 1 atom stereocenters. The van der Waals surface area contributed by atoms with Gasteiger partial charge in [-0.2, -0.15) is 0 Å². The van der Waals surface area contributed by atoms with Crippen molar-refractivity contribution in [1.82, 2.24) is 0 Å². The Kier molecular flexibility index (Phi) is 9.29. The molecule has 0 amide bonds. The zero-order chi connectivity index (χ0) is 17.1. The molecule has 0 saturated carbocycles. The van der Waals surface area contributed by atoms with Gasteiger partial charge in [-0.25, -0.2) is 9.59 Å². The van der Waals surface area contributed by atoms with Gasteiger partial charge < -0.3 is 15.2 Å². The number of carbonyl (C=O) groups is 2. The van der Waals surface area contributed by atoms with Crippen LogP contribution in [0, 0.1) is 0 Å². The van der Waals surface area contributed by atoms with E-state index in [2.05, 4.69) is 0 Å². The molecule has 0 heterocycles. The van der Waals surface area contributed by atoms with Crippen molar-refractivity contribution in [3.05, 3.63) is 23.3 Å². The summed E-state index contributed by atoms with van der Waals surface area (Å²) < 4.78 is 9.74. The van der Waals surface area contributed by atoms with Crippen LogP contribution in [0.4, 0.5) is 0 Å². The molecule has 1 unspecified atom stereocenters. The van der Waals surface area contributed by atoms with Crippen LogP contribution in [-0.2, 0) is 19.1 Å². The number of esters is 2. The van der Waals surface area contributed by atoms with Gasteiger partial charge in [-0.3, -0.25) is 0 Å². The van der Waals surface area contributed by atoms with Crippen LogP contribution in [0.3, 0.4) is 0 Å². The molecule has 2 aliphatic rings. The van der Waals surface area contributed by atoms with E-state index in [1.165, 1.54) is 6.42 Å². The van der Waals surface area contributed by atoms with E-state index in [4.69, 9.17) is 15.2 Å². The number of ether oxygens (including phenoxy) is 2. The summed E-state index contributed by atoms with van der Waals surface area (Å²) in [6.45, 7) is 4.56. The third-order valence-corrected chi connectivity index (χ3v) is 3.77. The van der Waals surface area contributed by atoms with E-state index < -0.39 is 0 Å². The molecule has 23 heavy (non-hydrogen) atoms. The molecule has 2 N–H and O–H groups in total.